The average Bonchev–Trinajstić information content (AvgIpc) is 2.84. The van der Waals surface area contributed by atoms with Crippen LogP contribution in [0.2, 0.25) is 5.02 Å². The van der Waals surface area contributed by atoms with Gasteiger partial charge in [0.25, 0.3) is 5.91 Å². The van der Waals surface area contributed by atoms with Crippen molar-refractivity contribution < 1.29 is 24.2 Å². The molecule has 178 valence electrons. The van der Waals surface area contributed by atoms with Gasteiger partial charge in [-0.2, -0.15) is 0 Å². The first kappa shape index (κ1) is 24.8. The van der Waals surface area contributed by atoms with Crippen LogP contribution in [0.25, 0.3) is 0 Å². The van der Waals surface area contributed by atoms with E-state index in [9.17, 15) is 14.7 Å². The Kier molecular flexibility index (Phi) is 8.64. The zero-order chi connectivity index (χ0) is 24.5. The number of nitrogens with zero attached hydrogens (tertiary/aromatic N) is 2. The smallest absolute Gasteiger partial charge is 0.326 e. The van der Waals surface area contributed by atoms with Crippen LogP contribution in [0.4, 0.5) is 5.82 Å². The number of hydrogen-bond donors (Lipinski definition) is 3. The van der Waals surface area contributed by atoms with Crippen molar-refractivity contribution in [2.45, 2.75) is 18.9 Å². The Balaban J connectivity index is 1.56. The SMILES string of the molecule is CNc1cccc(CCOc2ccc(C[C@H](NC(=O)c3ccc(OC)cc3Cl)C(=O)O)nc2)n1. The number of nitrogens with one attached hydrogen (secondary N) is 2. The minimum atomic E-state index is -1.18. The quantitative estimate of drug-likeness (QED) is 0.379. The Morgan fingerprint density at radius 1 is 1.12 bits per heavy atom. The first-order valence-corrected chi connectivity index (χ1v) is 10.9. The lowest BCUT2D eigenvalue weighted by Crippen LogP contribution is -2.42. The van der Waals surface area contributed by atoms with Crippen molar-refractivity contribution in [2.24, 2.45) is 0 Å². The summed E-state index contributed by atoms with van der Waals surface area (Å²) in [5.74, 6) is 0.0465. The summed E-state index contributed by atoms with van der Waals surface area (Å²) in [7, 11) is 3.29. The van der Waals surface area contributed by atoms with Crippen LogP contribution in [0.15, 0.2) is 54.7 Å². The summed E-state index contributed by atoms with van der Waals surface area (Å²) in [6.07, 6.45) is 2.14. The molecule has 3 rings (SSSR count). The van der Waals surface area contributed by atoms with E-state index in [-0.39, 0.29) is 17.0 Å². The summed E-state index contributed by atoms with van der Waals surface area (Å²) in [4.78, 5) is 33.0. The Labute approximate surface area is 202 Å². The molecule has 0 aliphatic rings. The molecule has 2 aromatic heterocycles. The number of benzene rings is 1. The van der Waals surface area contributed by atoms with E-state index < -0.39 is 17.9 Å². The lowest BCUT2D eigenvalue weighted by atomic mass is 10.1. The fraction of sp³-hybridized carbons (Fsp3) is 0.250. The molecule has 0 spiro atoms. The van der Waals surface area contributed by atoms with Gasteiger partial charge in [-0.1, -0.05) is 17.7 Å². The van der Waals surface area contributed by atoms with Crippen molar-refractivity contribution in [1.82, 2.24) is 15.3 Å². The number of halogens is 1. The highest BCUT2D eigenvalue weighted by atomic mass is 35.5. The van der Waals surface area contributed by atoms with Crippen LogP contribution in [0.1, 0.15) is 21.7 Å². The molecule has 1 aromatic carbocycles. The van der Waals surface area contributed by atoms with Crippen molar-refractivity contribution in [1.29, 1.82) is 0 Å². The average molecular weight is 485 g/mol. The maximum atomic E-state index is 12.6. The van der Waals surface area contributed by atoms with Crippen LogP contribution in [0.5, 0.6) is 11.5 Å². The van der Waals surface area contributed by atoms with Crippen LogP contribution in [-0.2, 0) is 17.6 Å². The number of ether oxygens (including phenoxy) is 2. The van der Waals surface area contributed by atoms with Gasteiger partial charge in [-0.15, -0.1) is 0 Å². The summed E-state index contributed by atoms with van der Waals surface area (Å²) < 4.78 is 10.8. The predicted molar refractivity (Wildman–Crippen MR) is 128 cm³/mol. The van der Waals surface area contributed by atoms with Crippen molar-refractivity contribution in [3.63, 3.8) is 0 Å². The Hall–Kier alpha value is -3.85. The molecule has 0 fully saturated rings. The number of carbonyl (C=O) groups excluding carboxylic acids is 1. The molecule has 3 N–H and O–H groups in total. The molecule has 0 radical (unpaired) electrons. The van der Waals surface area contributed by atoms with E-state index in [4.69, 9.17) is 21.1 Å². The van der Waals surface area contributed by atoms with Gasteiger partial charge in [-0.3, -0.25) is 9.78 Å². The highest BCUT2D eigenvalue weighted by molar-refractivity contribution is 6.34. The second-order valence-corrected chi connectivity index (χ2v) is 7.67. The molecule has 0 aliphatic carbocycles. The molecule has 0 saturated carbocycles. The van der Waals surface area contributed by atoms with E-state index in [1.807, 2.05) is 25.2 Å². The maximum absolute atomic E-state index is 12.6. The van der Waals surface area contributed by atoms with Gasteiger partial charge in [0.2, 0.25) is 0 Å². The van der Waals surface area contributed by atoms with Crippen LogP contribution >= 0.6 is 11.6 Å². The fourth-order valence-electron chi connectivity index (χ4n) is 3.10. The molecule has 1 atom stereocenters. The zero-order valence-electron chi connectivity index (χ0n) is 18.7. The van der Waals surface area contributed by atoms with Crippen LogP contribution in [0.3, 0.4) is 0 Å². The predicted octanol–water partition coefficient (Wildman–Crippen LogP) is 3.23. The minimum Gasteiger partial charge on any atom is -0.497 e. The number of carbonyl (C=O) groups is 2. The lowest BCUT2D eigenvalue weighted by Gasteiger charge is -2.15. The van der Waals surface area contributed by atoms with Gasteiger partial charge in [-0.25, -0.2) is 9.78 Å². The topological polar surface area (TPSA) is 123 Å². The van der Waals surface area contributed by atoms with Gasteiger partial charge < -0.3 is 25.2 Å². The van der Waals surface area contributed by atoms with Gasteiger partial charge in [0.15, 0.2) is 0 Å². The first-order valence-electron chi connectivity index (χ1n) is 10.5. The molecular weight excluding hydrogens is 460 g/mol. The number of methoxy groups -OCH3 is 1. The Bertz CT molecular complexity index is 1140. The number of carboxylic acids is 1. The summed E-state index contributed by atoms with van der Waals surface area (Å²) in [5.41, 5.74) is 1.54. The number of rotatable bonds is 11. The molecule has 34 heavy (non-hydrogen) atoms. The minimum absolute atomic E-state index is 0.00411. The van der Waals surface area contributed by atoms with Crippen LogP contribution in [-0.4, -0.2) is 53.8 Å². The molecular formula is C24H25ClN4O5. The van der Waals surface area contributed by atoms with E-state index in [1.165, 1.54) is 25.4 Å². The van der Waals surface area contributed by atoms with Gasteiger partial charge >= 0.3 is 5.97 Å². The molecule has 0 aliphatic heterocycles. The summed E-state index contributed by atoms with van der Waals surface area (Å²) in [6, 6.07) is 12.4. The summed E-state index contributed by atoms with van der Waals surface area (Å²) in [6.45, 7) is 0.414. The molecule has 9 nitrogen and oxygen atoms in total. The molecule has 0 bridgehead atoms. The number of aromatic nitrogens is 2. The van der Waals surface area contributed by atoms with Gasteiger partial charge in [0.05, 0.1) is 30.5 Å². The number of pyridine rings is 2. The van der Waals surface area contributed by atoms with E-state index >= 15 is 0 Å². The Morgan fingerprint density at radius 3 is 2.56 bits per heavy atom. The molecule has 2 heterocycles. The van der Waals surface area contributed by atoms with Gasteiger partial charge in [-0.05, 0) is 42.5 Å². The standard InChI is InChI=1S/C24H25ClN4O5/c1-26-22-5-3-4-15(28-22)10-11-34-18-7-6-16(27-14-18)12-21(24(31)32)29-23(30)19-9-8-17(33-2)13-20(19)25/h3-9,13-14,21H,10-12H2,1-2H3,(H,26,28)(H,29,30)(H,31,32)/t21-/m0/s1. The molecule has 10 heteroatoms. The van der Waals surface area contributed by atoms with Gasteiger partial charge in [0, 0.05) is 31.3 Å². The normalized spacial score (nSPS) is 11.4. The largest absolute Gasteiger partial charge is 0.497 e. The number of anilines is 1. The molecule has 3 aromatic rings. The maximum Gasteiger partial charge on any atom is 0.326 e. The molecule has 1 amide bonds. The third-order valence-corrected chi connectivity index (χ3v) is 5.24. The third kappa shape index (κ3) is 6.82. The highest BCUT2D eigenvalue weighted by Crippen LogP contribution is 2.22. The highest BCUT2D eigenvalue weighted by Gasteiger charge is 2.23. The van der Waals surface area contributed by atoms with Crippen LogP contribution < -0.4 is 20.1 Å². The van der Waals surface area contributed by atoms with E-state index in [1.54, 1.807) is 18.2 Å². The first-order chi connectivity index (χ1) is 16.4. The fourth-order valence-corrected chi connectivity index (χ4v) is 3.36. The summed E-state index contributed by atoms with van der Waals surface area (Å²) >= 11 is 6.12. The Morgan fingerprint density at radius 2 is 1.91 bits per heavy atom. The van der Waals surface area contributed by atoms with E-state index in [2.05, 4.69) is 20.6 Å². The number of aliphatic carboxylic acids is 1. The number of hydrogen-bond acceptors (Lipinski definition) is 7. The van der Waals surface area contributed by atoms with Crippen LogP contribution in [0, 0.1) is 0 Å². The van der Waals surface area contributed by atoms with Crippen molar-refractivity contribution in [2.75, 3.05) is 26.1 Å². The second-order valence-electron chi connectivity index (χ2n) is 7.26. The van der Waals surface area contributed by atoms with E-state index in [0.29, 0.717) is 30.2 Å². The molecule has 0 unspecified atom stereocenters. The summed E-state index contributed by atoms with van der Waals surface area (Å²) in [5, 5.41) is 15.2. The van der Waals surface area contributed by atoms with Gasteiger partial charge in [0.1, 0.15) is 23.4 Å². The monoisotopic (exact) mass is 484 g/mol. The third-order valence-electron chi connectivity index (χ3n) is 4.92. The van der Waals surface area contributed by atoms with Crippen molar-refractivity contribution >= 4 is 29.3 Å². The number of carboxylic acid groups (broad SMARTS) is 1. The second kappa shape index (κ2) is 11.9. The van der Waals surface area contributed by atoms with E-state index in [0.717, 1.165) is 11.5 Å². The van der Waals surface area contributed by atoms with Crippen molar-refractivity contribution in [3.8, 4) is 11.5 Å². The lowest BCUT2D eigenvalue weighted by molar-refractivity contribution is -0.139. The van der Waals surface area contributed by atoms with Crippen molar-refractivity contribution in [3.05, 3.63) is 76.7 Å². The number of amides is 1. The zero-order valence-corrected chi connectivity index (χ0v) is 19.5. The molecule has 0 saturated heterocycles.